The summed E-state index contributed by atoms with van der Waals surface area (Å²) in [4.78, 5) is 27.5. The Kier molecular flexibility index (Phi) is 7.85. The molecule has 0 spiro atoms. The molecule has 0 aliphatic carbocycles. The van der Waals surface area contributed by atoms with Gasteiger partial charge in [0, 0.05) is 45.1 Å². The van der Waals surface area contributed by atoms with E-state index in [1.165, 1.54) is 26.0 Å². The molecule has 0 unspecified atom stereocenters. The van der Waals surface area contributed by atoms with Crippen molar-refractivity contribution in [2.75, 3.05) is 38.8 Å². The van der Waals surface area contributed by atoms with Gasteiger partial charge in [-0.3, -0.25) is 9.59 Å². The summed E-state index contributed by atoms with van der Waals surface area (Å²) < 4.78 is 10.5. The molecule has 134 valence electrons. The normalized spacial score (nSPS) is 10.2. The van der Waals surface area contributed by atoms with Crippen LogP contribution in [-0.4, -0.2) is 50.6 Å². The molecule has 2 amide bonds. The van der Waals surface area contributed by atoms with E-state index < -0.39 is 0 Å². The monoisotopic (exact) mass is 356 g/mol. The third kappa shape index (κ3) is 4.77. The van der Waals surface area contributed by atoms with Crippen molar-refractivity contribution >= 4 is 29.1 Å². The van der Waals surface area contributed by atoms with Crippen LogP contribution in [0.3, 0.4) is 0 Å². The molecule has 0 bridgehead atoms. The lowest BCUT2D eigenvalue weighted by molar-refractivity contribution is -0.130. The minimum absolute atomic E-state index is 0.00569. The average Bonchev–Trinajstić information content (AvgIpc) is 2.56. The third-order valence-corrected chi connectivity index (χ3v) is 4.08. The Balaban J connectivity index is 3.08. The maximum absolute atomic E-state index is 12.2. The average molecular weight is 357 g/mol. The molecule has 0 radical (unpaired) electrons. The first-order valence-electron chi connectivity index (χ1n) is 7.86. The van der Waals surface area contributed by atoms with E-state index in [4.69, 9.17) is 21.1 Å². The highest BCUT2D eigenvalue weighted by Gasteiger charge is 2.21. The van der Waals surface area contributed by atoms with Crippen LogP contribution in [0.2, 0.25) is 5.02 Å². The van der Waals surface area contributed by atoms with Crippen LogP contribution in [0.15, 0.2) is 12.1 Å². The SMILES string of the molecule is CCN(CC)C(=O)CCN(C(C)=O)c1cc(OC)c(Cl)cc1OC. The van der Waals surface area contributed by atoms with E-state index in [9.17, 15) is 9.59 Å². The molecule has 0 saturated heterocycles. The molecule has 0 heterocycles. The van der Waals surface area contributed by atoms with E-state index in [2.05, 4.69) is 0 Å². The number of methoxy groups -OCH3 is 2. The Labute approximate surface area is 148 Å². The Hall–Kier alpha value is -1.95. The van der Waals surface area contributed by atoms with Gasteiger partial charge in [0.05, 0.1) is 24.9 Å². The molecule has 0 aliphatic heterocycles. The highest BCUT2D eigenvalue weighted by molar-refractivity contribution is 6.32. The van der Waals surface area contributed by atoms with Gasteiger partial charge in [-0.15, -0.1) is 0 Å². The van der Waals surface area contributed by atoms with Gasteiger partial charge in [-0.25, -0.2) is 0 Å². The van der Waals surface area contributed by atoms with Gasteiger partial charge in [0.2, 0.25) is 11.8 Å². The number of benzene rings is 1. The first-order valence-corrected chi connectivity index (χ1v) is 8.24. The fourth-order valence-electron chi connectivity index (χ4n) is 2.44. The highest BCUT2D eigenvalue weighted by atomic mass is 35.5. The number of hydrogen-bond donors (Lipinski definition) is 0. The molecule has 1 aromatic rings. The number of hydrogen-bond acceptors (Lipinski definition) is 4. The summed E-state index contributed by atoms with van der Waals surface area (Å²) in [5.41, 5.74) is 0.526. The van der Waals surface area contributed by atoms with Crippen molar-refractivity contribution in [2.24, 2.45) is 0 Å². The number of ether oxygens (including phenoxy) is 2. The predicted octanol–water partition coefficient (Wildman–Crippen LogP) is 2.97. The van der Waals surface area contributed by atoms with Gasteiger partial charge < -0.3 is 19.3 Å². The minimum atomic E-state index is -0.190. The van der Waals surface area contributed by atoms with Gasteiger partial charge in [-0.2, -0.15) is 0 Å². The number of anilines is 1. The van der Waals surface area contributed by atoms with Gasteiger partial charge in [0.1, 0.15) is 11.5 Å². The second-order valence-corrected chi connectivity index (χ2v) is 5.55. The number of carbonyl (C=O) groups is 2. The maximum atomic E-state index is 12.2. The molecule has 0 aliphatic rings. The lowest BCUT2D eigenvalue weighted by Gasteiger charge is -2.25. The smallest absolute Gasteiger partial charge is 0.224 e. The fourth-order valence-corrected chi connectivity index (χ4v) is 2.68. The molecule has 1 rings (SSSR count). The molecule has 0 aromatic heterocycles. The van der Waals surface area contributed by atoms with Crippen molar-refractivity contribution in [2.45, 2.75) is 27.2 Å². The summed E-state index contributed by atoms with van der Waals surface area (Å²) in [5, 5.41) is 0.390. The molecule has 0 saturated carbocycles. The van der Waals surface area contributed by atoms with Crippen molar-refractivity contribution in [3.63, 3.8) is 0 Å². The summed E-state index contributed by atoms with van der Waals surface area (Å²) in [6.07, 6.45) is 0.232. The second-order valence-electron chi connectivity index (χ2n) is 5.15. The fraction of sp³-hybridized carbons (Fsp3) is 0.529. The molecule has 0 atom stereocenters. The first kappa shape index (κ1) is 20.1. The number of rotatable bonds is 8. The molecule has 0 fully saturated rings. The molecule has 24 heavy (non-hydrogen) atoms. The Bertz CT molecular complexity index is 588. The van der Waals surface area contributed by atoms with E-state index in [-0.39, 0.29) is 24.8 Å². The van der Waals surface area contributed by atoms with Gasteiger partial charge in [-0.05, 0) is 13.8 Å². The van der Waals surface area contributed by atoms with E-state index in [0.717, 1.165) is 0 Å². The standard InChI is InChI=1S/C17H25ClN2O4/c1-6-19(7-2)17(22)8-9-20(12(3)21)14-11-15(23-4)13(18)10-16(14)24-5/h10-11H,6-9H2,1-5H3. The van der Waals surface area contributed by atoms with Gasteiger partial charge in [-0.1, -0.05) is 11.6 Å². The zero-order valence-electron chi connectivity index (χ0n) is 14.9. The quantitative estimate of drug-likeness (QED) is 0.718. The summed E-state index contributed by atoms with van der Waals surface area (Å²) >= 11 is 6.10. The lowest BCUT2D eigenvalue weighted by Crippen LogP contribution is -2.36. The van der Waals surface area contributed by atoms with E-state index in [1.807, 2.05) is 13.8 Å². The van der Waals surface area contributed by atoms with Crippen molar-refractivity contribution in [3.8, 4) is 11.5 Å². The molecule has 7 heteroatoms. The van der Waals surface area contributed by atoms with Crippen LogP contribution >= 0.6 is 11.6 Å². The van der Waals surface area contributed by atoms with Crippen molar-refractivity contribution in [1.29, 1.82) is 0 Å². The van der Waals surface area contributed by atoms with E-state index in [0.29, 0.717) is 35.3 Å². The number of amides is 2. The molecule has 6 nitrogen and oxygen atoms in total. The third-order valence-electron chi connectivity index (χ3n) is 3.79. The molecule has 0 N–H and O–H groups in total. The van der Waals surface area contributed by atoms with Gasteiger partial charge >= 0.3 is 0 Å². The van der Waals surface area contributed by atoms with Crippen LogP contribution < -0.4 is 14.4 Å². The zero-order chi connectivity index (χ0) is 18.3. The predicted molar refractivity (Wildman–Crippen MR) is 95.1 cm³/mol. The van der Waals surface area contributed by atoms with E-state index >= 15 is 0 Å². The van der Waals surface area contributed by atoms with Crippen LogP contribution in [-0.2, 0) is 9.59 Å². The van der Waals surface area contributed by atoms with Crippen LogP contribution in [0.4, 0.5) is 5.69 Å². The summed E-state index contributed by atoms with van der Waals surface area (Å²) in [6, 6.07) is 3.24. The van der Waals surface area contributed by atoms with Gasteiger partial charge in [0.15, 0.2) is 0 Å². The molecular formula is C17H25ClN2O4. The molecular weight excluding hydrogens is 332 g/mol. The summed E-state index contributed by atoms with van der Waals surface area (Å²) in [5.74, 6) is 0.705. The minimum Gasteiger partial charge on any atom is -0.495 e. The van der Waals surface area contributed by atoms with Crippen LogP contribution in [0, 0.1) is 0 Å². The first-order chi connectivity index (χ1) is 11.4. The summed E-state index contributed by atoms with van der Waals surface area (Å²) in [7, 11) is 3.00. The van der Waals surface area contributed by atoms with Gasteiger partial charge in [0.25, 0.3) is 0 Å². The van der Waals surface area contributed by atoms with E-state index in [1.54, 1.807) is 17.0 Å². The maximum Gasteiger partial charge on any atom is 0.224 e. The van der Waals surface area contributed by atoms with Crippen molar-refractivity contribution in [1.82, 2.24) is 4.90 Å². The Morgan fingerprint density at radius 1 is 1.08 bits per heavy atom. The van der Waals surface area contributed by atoms with Crippen molar-refractivity contribution in [3.05, 3.63) is 17.2 Å². The Morgan fingerprint density at radius 2 is 1.67 bits per heavy atom. The van der Waals surface area contributed by atoms with Crippen LogP contribution in [0.25, 0.3) is 0 Å². The highest BCUT2D eigenvalue weighted by Crippen LogP contribution is 2.38. The topological polar surface area (TPSA) is 59.1 Å². The van der Waals surface area contributed by atoms with Crippen LogP contribution in [0.5, 0.6) is 11.5 Å². The van der Waals surface area contributed by atoms with Crippen LogP contribution in [0.1, 0.15) is 27.2 Å². The molecule has 1 aromatic carbocycles. The Morgan fingerprint density at radius 3 is 2.12 bits per heavy atom. The zero-order valence-corrected chi connectivity index (χ0v) is 15.6. The van der Waals surface area contributed by atoms with Crippen molar-refractivity contribution < 1.29 is 19.1 Å². The summed E-state index contributed by atoms with van der Waals surface area (Å²) in [6.45, 7) is 6.85. The number of carbonyl (C=O) groups excluding carboxylic acids is 2. The second kappa shape index (κ2) is 9.37. The number of nitrogens with zero attached hydrogens (tertiary/aromatic N) is 2. The number of halogens is 1. The lowest BCUT2D eigenvalue weighted by atomic mass is 10.2. The largest absolute Gasteiger partial charge is 0.495 e.